The van der Waals surface area contributed by atoms with Crippen molar-refractivity contribution in [3.05, 3.63) is 60.4 Å². The molecule has 0 atom stereocenters. The first-order valence-corrected chi connectivity index (χ1v) is 6.26. The van der Waals surface area contributed by atoms with Crippen LogP contribution in [0.3, 0.4) is 0 Å². The fourth-order valence-electron chi connectivity index (χ4n) is 2.26. The van der Waals surface area contributed by atoms with Gasteiger partial charge in [0, 0.05) is 35.9 Å². The summed E-state index contributed by atoms with van der Waals surface area (Å²) in [5, 5.41) is 1.17. The van der Waals surface area contributed by atoms with E-state index < -0.39 is 0 Å². The summed E-state index contributed by atoms with van der Waals surface area (Å²) < 4.78 is 5.56. The van der Waals surface area contributed by atoms with Gasteiger partial charge in [0.1, 0.15) is 5.58 Å². The highest BCUT2D eigenvalue weighted by molar-refractivity contribution is 5.81. The van der Waals surface area contributed by atoms with Gasteiger partial charge >= 0.3 is 0 Å². The van der Waals surface area contributed by atoms with E-state index in [1.165, 1.54) is 10.9 Å². The molecule has 0 amide bonds. The third-order valence-electron chi connectivity index (χ3n) is 3.28. The first-order chi connectivity index (χ1) is 9.24. The number of anilines is 2. The highest BCUT2D eigenvalue weighted by Crippen LogP contribution is 2.24. The summed E-state index contributed by atoms with van der Waals surface area (Å²) in [7, 11) is 2.05. The molecule has 2 aromatic carbocycles. The number of furan rings is 1. The Balaban J connectivity index is 1.89. The molecular formula is C16H16N2O. The second-order valence-corrected chi connectivity index (χ2v) is 4.71. The van der Waals surface area contributed by atoms with Crippen molar-refractivity contribution in [3.63, 3.8) is 0 Å². The molecule has 0 aliphatic heterocycles. The quantitative estimate of drug-likeness (QED) is 0.723. The van der Waals surface area contributed by atoms with E-state index in [-0.39, 0.29) is 0 Å². The maximum absolute atomic E-state index is 5.82. The Kier molecular flexibility index (Phi) is 2.88. The fourth-order valence-corrected chi connectivity index (χ4v) is 2.26. The number of benzene rings is 2. The fraction of sp³-hybridized carbons (Fsp3) is 0.125. The van der Waals surface area contributed by atoms with Crippen LogP contribution in [-0.2, 0) is 6.54 Å². The van der Waals surface area contributed by atoms with Gasteiger partial charge in [-0.3, -0.25) is 0 Å². The molecule has 0 radical (unpaired) electrons. The largest absolute Gasteiger partial charge is 0.464 e. The molecular weight excluding hydrogens is 236 g/mol. The number of nitrogen functional groups attached to an aromatic ring is 1. The summed E-state index contributed by atoms with van der Waals surface area (Å²) in [6.07, 6.45) is 1.83. The lowest BCUT2D eigenvalue weighted by molar-refractivity contribution is 0.610. The summed E-state index contributed by atoms with van der Waals surface area (Å²) >= 11 is 0. The van der Waals surface area contributed by atoms with Crippen molar-refractivity contribution in [2.45, 2.75) is 6.54 Å². The highest BCUT2D eigenvalue weighted by atomic mass is 16.3. The van der Waals surface area contributed by atoms with Gasteiger partial charge in [0.2, 0.25) is 0 Å². The first-order valence-electron chi connectivity index (χ1n) is 6.26. The smallest absolute Gasteiger partial charge is 0.134 e. The Morgan fingerprint density at radius 3 is 2.79 bits per heavy atom. The lowest BCUT2D eigenvalue weighted by atomic mass is 10.1. The summed E-state index contributed by atoms with van der Waals surface area (Å²) in [5.41, 5.74) is 9.81. The molecule has 0 unspecified atom stereocenters. The molecule has 0 aliphatic rings. The molecule has 0 spiro atoms. The molecule has 0 aliphatic carbocycles. The van der Waals surface area contributed by atoms with Crippen LogP contribution < -0.4 is 10.6 Å². The van der Waals surface area contributed by atoms with E-state index in [2.05, 4.69) is 24.1 Å². The zero-order chi connectivity index (χ0) is 13.2. The monoisotopic (exact) mass is 252 g/mol. The maximum atomic E-state index is 5.82. The van der Waals surface area contributed by atoms with Crippen LogP contribution in [0.1, 0.15) is 5.56 Å². The third kappa shape index (κ3) is 2.27. The van der Waals surface area contributed by atoms with Gasteiger partial charge < -0.3 is 15.1 Å². The normalized spacial score (nSPS) is 10.8. The van der Waals surface area contributed by atoms with E-state index in [9.17, 15) is 0 Å². The number of fused-ring (bicyclic) bond motifs is 1. The predicted molar refractivity (Wildman–Crippen MR) is 79.2 cm³/mol. The third-order valence-corrected chi connectivity index (χ3v) is 3.28. The molecule has 0 saturated heterocycles. The molecule has 0 bridgehead atoms. The molecule has 3 heteroatoms. The van der Waals surface area contributed by atoms with Crippen molar-refractivity contribution in [3.8, 4) is 0 Å². The molecule has 2 N–H and O–H groups in total. The minimum atomic E-state index is 0.779. The summed E-state index contributed by atoms with van der Waals surface area (Å²) in [6, 6.07) is 16.0. The minimum Gasteiger partial charge on any atom is -0.464 e. The Bertz CT molecular complexity index is 703. The molecule has 1 aromatic heterocycles. The highest BCUT2D eigenvalue weighted by Gasteiger charge is 2.08. The van der Waals surface area contributed by atoms with E-state index in [1.807, 2.05) is 42.7 Å². The van der Waals surface area contributed by atoms with Gasteiger partial charge in [0.25, 0.3) is 0 Å². The lowest BCUT2D eigenvalue weighted by Gasteiger charge is -2.19. The van der Waals surface area contributed by atoms with Crippen molar-refractivity contribution < 1.29 is 4.42 Å². The molecule has 96 valence electrons. The second-order valence-electron chi connectivity index (χ2n) is 4.71. The molecule has 3 rings (SSSR count). The van der Waals surface area contributed by atoms with E-state index in [4.69, 9.17) is 10.2 Å². The topological polar surface area (TPSA) is 42.4 Å². The van der Waals surface area contributed by atoms with Crippen LogP contribution >= 0.6 is 0 Å². The Morgan fingerprint density at radius 1 is 1.11 bits per heavy atom. The van der Waals surface area contributed by atoms with Crippen LogP contribution in [0.25, 0.3) is 11.0 Å². The number of hydrogen-bond acceptors (Lipinski definition) is 3. The van der Waals surface area contributed by atoms with E-state index in [0.717, 1.165) is 23.5 Å². The average Bonchev–Trinajstić information content (AvgIpc) is 2.82. The number of nitrogens with two attached hydrogens (primary N) is 1. The lowest BCUT2D eigenvalue weighted by Crippen LogP contribution is -2.16. The molecule has 0 saturated carbocycles. The maximum Gasteiger partial charge on any atom is 0.134 e. The van der Waals surface area contributed by atoms with E-state index in [0.29, 0.717) is 0 Å². The van der Waals surface area contributed by atoms with Gasteiger partial charge in [-0.25, -0.2) is 0 Å². The number of hydrogen-bond donors (Lipinski definition) is 1. The molecule has 0 fully saturated rings. The number of nitrogens with zero attached hydrogens (tertiary/aromatic N) is 1. The van der Waals surface area contributed by atoms with Crippen LogP contribution in [0.15, 0.2) is 59.2 Å². The number of rotatable bonds is 3. The molecule has 19 heavy (non-hydrogen) atoms. The van der Waals surface area contributed by atoms with Gasteiger partial charge in [-0.05, 0) is 24.3 Å². The Labute approximate surface area is 112 Å². The summed E-state index contributed by atoms with van der Waals surface area (Å²) in [5.74, 6) is 0. The van der Waals surface area contributed by atoms with Crippen LogP contribution in [-0.4, -0.2) is 7.05 Å². The van der Waals surface area contributed by atoms with Gasteiger partial charge in [-0.15, -0.1) is 0 Å². The molecule has 3 aromatic rings. The van der Waals surface area contributed by atoms with Crippen LogP contribution in [0.5, 0.6) is 0 Å². The molecule has 3 nitrogen and oxygen atoms in total. The van der Waals surface area contributed by atoms with Crippen molar-refractivity contribution >= 4 is 22.3 Å². The van der Waals surface area contributed by atoms with Gasteiger partial charge in [0.15, 0.2) is 0 Å². The zero-order valence-corrected chi connectivity index (χ0v) is 10.8. The van der Waals surface area contributed by atoms with Crippen molar-refractivity contribution in [1.82, 2.24) is 0 Å². The average molecular weight is 252 g/mol. The molecule has 1 heterocycles. The van der Waals surface area contributed by atoms with Crippen LogP contribution in [0.4, 0.5) is 11.4 Å². The SMILES string of the molecule is CN(Cc1coc2ccccc12)c1cccc(N)c1. The van der Waals surface area contributed by atoms with E-state index in [1.54, 1.807) is 0 Å². The van der Waals surface area contributed by atoms with Gasteiger partial charge in [-0.1, -0.05) is 24.3 Å². The first kappa shape index (κ1) is 11.7. The summed E-state index contributed by atoms with van der Waals surface area (Å²) in [4.78, 5) is 2.16. The van der Waals surface area contributed by atoms with E-state index >= 15 is 0 Å². The van der Waals surface area contributed by atoms with Crippen LogP contribution in [0, 0.1) is 0 Å². The number of para-hydroxylation sites is 1. The van der Waals surface area contributed by atoms with Crippen molar-refractivity contribution in [2.75, 3.05) is 17.7 Å². The van der Waals surface area contributed by atoms with Gasteiger partial charge in [0.05, 0.1) is 6.26 Å². The minimum absolute atomic E-state index is 0.779. The standard InChI is InChI=1S/C16H16N2O/c1-18(14-6-4-5-13(17)9-14)10-12-11-19-16-8-3-2-7-15(12)16/h2-9,11H,10,17H2,1H3. The predicted octanol–water partition coefficient (Wildman–Crippen LogP) is 3.65. The zero-order valence-electron chi connectivity index (χ0n) is 10.8. The second kappa shape index (κ2) is 4.69. The summed E-state index contributed by atoms with van der Waals surface area (Å²) in [6.45, 7) is 0.792. The van der Waals surface area contributed by atoms with Crippen molar-refractivity contribution in [2.24, 2.45) is 0 Å². The Morgan fingerprint density at radius 2 is 1.95 bits per heavy atom. The Hall–Kier alpha value is -2.42. The van der Waals surface area contributed by atoms with Crippen molar-refractivity contribution in [1.29, 1.82) is 0 Å². The van der Waals surface area contributed by atoms with Gasteiger partial charge in [-0.2, -0.15) is 0 Å². The van der Waals surface area contributed by atoms with Crippen LogP contribution in [0.2, 0.25) is 0 Å².